The van der Waals surface area contributed by atoms with Gasteiger partial charge in [0, 0.05) is 32.4 Å². The van der Waals surface area contributed by atoms with Crippen molar-refractivity contribution in [2.45, 2.75) is 204 Å². The third-order valence-corrected chi connectivity index (χ3v) is 19.9. The molecule has 0 bridgehead atoms. The molecule has 10 unspecified atom stereocenters. The minimum atomic E-state index is -0.532. The summed E-state index contributed by atoms with van der Waals surface area (Å²) in [7, 11) is 2.87. The fourth-order valence-electron chi connectivity index (χ4n) is 11.4. The van der Waals surface area contributed by atoms with Gasteiger partial charge in [0.05, 0.1) is 44.6 Å². The molecule has 25 nitrogen and oxygen atoms in total. The Morgan fingerprint density at radius 1 is 0.372 bits per heavy atom. The molecule has 5 N–H and O–H groups in total. The molecule has 1 aliphatic rings. The van der Waals surface area contributed by atoms with E-state index in [4.69, 9.17) is 52.1 Å². The summed E-state index contributed by atoms with van der Waals surface area (Å²) in [6.45, 7) is 35.4. The SMILES string of the molecule is CCC(C)c1ccc(OC(C)OCCN2C(=O)c3ccccc3C2=O)cc1.CCC(C)c1ccc(OC(C)OCCNC(=O)NC)cc1.CCC(C)c1ccc(OC(C)OCCNC(=O)Nc2ccccc2)cc1.CCC(C)c1ccc(OC(C)OCN(CC)C(=O)Oc2ccccc2)cc1.CCC(C)c1ccc(OC(C)OCNC(=O)OC)cc1. The first kappa shape index (κ1) is 100. The maximum atomic E-state index is 12.3. The number of urea groups is 2. The highest BCUT2D eigenvalue weighted by Crippen LogP contribution is 2.29. The fraction of sp³-hybridized carbons (Fsp3) is 0.438. The maximum absolute atomic E-state index is 12.3. The van der Waals surface area contributed by atoms with E-state index >= 15 is 0 Å². The Labute approximate surface area is 717 Å². The molecule has 25 heteroatoms. The lowest BCUT2D eigenvalue weighted by atomic mass is 9.99. The number of carbonyl (C=O) groups is 6. The van der Waals surface area contributed by atoms with Gasteiger partial charge >= 0.3 is 24.2 Å². The van der Waals surface area contributed by atoms with Crippen LogP contribution in [0.5, 0.6) is 34.5 Å². The number of alkyl carbamates (subject to hydrolysis) is 1. The van der Waals surface area contributed by atoms with Gasteiger partial charge in [-0.2, -0.15) is 0 Å². The molecule has 0 radical (unpaired) electrons. The molecule has 658 valence electrons. The van der Waals surface area contributed by atoms with Crippen molar-refractivity contribution in [3.8, 4) is 34.5 Å². The van der Waals surface area contributed by atoms with E-state index < -0.39 is 31.1 Å². The third-order valence-electron chi connectivity index (χ3n) is 19.9. The first-order valence-corrected chi connectivity index (χ1v) is 42.0. The molecule has 1 heterocycles. The van der Waals surface area contributed by atoms with Gasteiger partial charge in [0.1, 0.15) is 48.0 Å². The van der Waals surface area contributed by atoms with Gasteiger partial charge in [-0.3, -0.25) is 24.7 Å². The lowest BCUT2D eigenvalue weighted by Gasteiger charge is -2.23. The lowest BCUT2D eigenvalue weighted by Crippen LogP contribution is -2.37. The van der Waals surface area contributed by atoms with Crippen LogP contribution in [0.15, 0.2) is 206 Å². The molecule has 8 amide bonds. The number of rotatable bonds is 41. The van der Waals surface area contributed by atoms with Gasteiger partial charge in [0.15, 0.2) is 31.5 Å². The second-order valence-electron chi connectivity index (χ2n) is 28.8. The van der Waals surface area contributed by atoms with Crippen LogP contribution < -0.4 is 55.0 Å². The van der Waals surface area contributed by atoms with Crippen LogP contribution in [-0.4, -0.2) is 151 Å². The molecule has 0 saturated carbocycles. The van der Waals surface area contributed by atoms with Crippen LogP contribution in [0.4, 0.5) is 24.9 Å². The third kappa shape index (κ3) is 38.0. The van der Waals surface area contributed by atoms with E-state index in [-0.39, 0.29) is 63.1 Å². The quantitative estimate of drug-likeness (QED) is 0.0135. The van der Waals surface area contributed by atoms with Gasteiger partial charge < -0.3 is 78.1 Å². The maximum Gasteiger partial charge on any atom is 0.417 e. The van der Waals surface area contributed by atoms with Crippen LogP contribution in [0.25, 0.3) is 0 Å². The normalized spacial score (nSPS) is 13.7. The molecule has 9 rings (SSSR count). The van der Waals surface area contributed by atoms with Crippen LogP contribution in [-0.2, 0) is 28.4 Å². The second kappa shape index (κ2) is 56.3. The van der Waals surface area contributed by atoms with Crippen molar-refractivity contribution in [2.75, 3.05) is 78.9 Å². The summed E-state index contributed by atoms with van der Waals surface area (Å²) in [6.07, 6.45) is 2.40. The van der Waals surface area contributed by atoms with E-state index in [0.29, 0.717) is 79.3 Å². The number of methoxy groups -OCH3 is 1. The summed E-state index contributed by atoms with van der Waals surface area (Å²) in [5, 5.41) is 13.0. The smallest absolute Gasteiger partial charge is 0.417 e. The number of imide groups is 1. The standard InChI is InChI=1S/C22H25NO4.C22H29NO4.C21H28N2O3.C16H26N2O3.C15H23NO4/c1-4-15(2)17-9-11-18(12-10-17)27-16(3)26-14-13-23-21(24)19-7-5-6-8-20(19)22(23)25;1-5-17(3)19-12-14-21(15-13-19)26-18(4)25-16-23(6-2)22(24)27-20-10-8-7-9-11-20;1-4-16(2)18-10-12-20(13-11-18)26-17(3)25-15-14-22-21(24)23-19-8-6-5-7-9-19;1-5-12(2)14-6-8-15(9-7-14)21-13(3)20-11-10-18-16(19)17-4;1-5-11(2)13-6-8-14(9-7-13)20-12(3)19-10-16-15(17)18-4/h5-12,15-16H,4,13-14H2,1-3H3;7-15,17-18H,5-6,16H2,1-4H3;5-13,16-17H,4,14-15H2,1-3H3,(H2,22,23,24);6-9,12-13H,5,10-11H2,1-4H3,(H2,17,18,19);6-9,11-12H,5,10H2,1-4H3,(H,16,17). The Morgan fingerprint density at radius 2 is 0.694 bits per heavy atom. The van der Waals surface area contributed by atoms with E-state index in [9.17, 15) is 28.8 Å². The summed E-state index contributed by atoms with van der Waals surface area (Å²) >= 11 is 0. The number of amides is 8. The van der Waals surface area contributed by atoms with E-state index in [0.717, 1.165) is 66.5 Å². The molecule has 0 aromatic heterocycles. The number of fused-ring (bicyclic) bond motifs is 1. The van der Waals surface area contributed by atoms with Crippen molar-refractivity contribution in [3.63, 3.8) is 0 Å². The fourth-order valence-corrected chi connectivity index (χ4v) is 11.4. The van der Waals surface area contributed by atoms with Gasteiger partial charge in [-0.15, -0.1) is 0 Å². The number of benzene rings is 8. The number of hydrogen-bond donors (Lipinski definition) is 5. The number of ether oxygens (including phenoxy) is 12. The molecule has 0 saturated heterocycles. The van der Waals surface area contributed by atoms with Crippen LogP contribution in [0.1, 0.15) is 221 Å². The number of carbonyl (C=O) groups excluding carboxylic acids is 6. The van der Waals surface area contributed by atoms with Crippen LogP contribution in [0.3, 0.4) is 0 Å². The summed E-state index contributed by atoms with van der Waals surface area (Å²) in [4.78, 5) is 73.1. The minimum absolute atomic E-state index is 0.0405. The van der Waals surface area contributed by atoms with Crippen molar-refractivity contribution in [1.82, 2.24) is 31.1 Å². The molecule has 0 fully saturated rings. The van der Waals surface area contributed by atoms with Gasteiger partial charge in [-0.1, -0.05) is 178 Å². The average molecular weight is 1670 g/mol. The lowest BCUT2D eigenvalue weighted by molar-refractivity contribution is -0.0987. The first-order chi connectivity index (χ1) is 58.2. The molecular weight excluding hydrogens is 1540 g/mol. The van der Waals surface area contributed by atoms with E-state index in [1.165, 1.54) is 44.7 Å². The Kier molecular flexibility index (Phi) is 46.7. The number of nitrogens with zero attached hydrogens (tertiary/aromatic N) is 2. The molecule has 8 aromatic carbocycles. The summed E-state index contributed by atoms with van der Waals surface area (Å²) in [5.41, 5.74) is 8.14. The molecule has 121 heavy (non-hydrogen) atoms. The van der Waals surface area contributed by atoms with Gasteiger partial charge in [0.2, 0.25) is 0 Å². The van der Waals surface area contributed by atoms with Crippen LogP contribution in [0.2, 0.25) is 0 Å². The summed E-state index contributed by atoms with van der Waals surface area (Å²) < 4.78 is 65.9. The highest BCUT2D eigenvalue weighted by Gasteiger charge is 2.35. The van der Waals surface area contributed by atoms with Crippen molar-refractivity contribution in [3.05, 3.63) is 245 Å². The number of anilines is 1. The van der Waals surface area contributed by atoms with Gasteiger partial charge in [-0.25, -0.2) is 19.2 Å². The molecule has 0 aliphatic carbocycles. The summed E-state index contributed by atoms with van der Waals surface area (Å²) in [5.74, 6) is 6.44. The highest BCUT2D eigenvalue weighted by molar-refractivity contribution is 6.21. The number of para-hydroxylation sites is 2. The molecular formula is C96H131N7O18. The molecule has 1 aliphatic heterocycles. The predicted molar refractivity (Wildman–Crippen MR) is 474 cm³/mol. The van der Waals surface area contributed by atoms with Gasteiger partial charge in [-0.05, 0) is 228 Å². The van der Waals surface area contributed by atoms with E-state index in [1.807, 2.05) is 130 Å². The number of nitrogens with one attached hydrogen (secondary N) is 5. The zero-order valence-corrected chi connectivity index (χ0v) is 74.0. The average Bonchev–Trinajstić information content (AvgIpc) is 1.64. The Balaban J connectivity index is 0.000000271. The zero-order valence-electron chi connectivity index (χ0n) is 74.0. The largest absolute Gasteiger partial charge is 0.465 e. The van der Waals surface area contributed by atoms with Crippen molar-refractivity contribution in [1.29, 1.82) is 0 Å². The zero-order chi connectivity index (χ0) is 88.4. The van der Waals surface area contributed by atoms with Gasteiger partial charge in [0.25, 0.3) is 11.8 Å². The Hall–Kier alpha value is -11.2. The minimum Gasteiger partial charge on any atom is -0.465 e. The van der Waals surface area contributed by atoms with Crippen LogP contribution in [0, 0.1) is 0 Å². The highest BCUT2D eigenvalue weighted by atomic mass is 16.7. The van der Waals surface area contributed by atoms with E-state index in [2.05, 4.69) is 161 Å². The second-order valence-corrected chi connectivity index (χ2v) is 28.8. The summed E-state index contributed by atoms with van der Waals surface area (Å²) in [6, 6.07) is 64.9. The predicted octanol–water partition coefficient (Wildman–Crippen LogP) is 20.5. The van der Waals surface area contributed by atoms with E-state index in [1.54, 1.807) is 64.2 Å². The Morgan fingerprint density at radius 3 is 1.03 bits per heavy atom. The first-order valence-electron chi connectivity index (χ1n) is 42.0. The van der Waals surface area contributed by atoms with Crippen LogP contribution >= 0.6 is 0 Å². The van der Waals surface area contributed by atoms with Crippen molar-refractivity contribution >= 4 is 41.8 Å². The van der Waals surface area contributed by atoms with Crippen molar-refractivity contribution in [2.24, 2.45) is 0 Å². The number of hydrogen-bond acceptors (Lipinski definition) is 18. The monoisotopic (exact) mass is 1670 g/mol. The molecule has 10 atom stereocenters. The van der Waals surface area contributed by atoms with Crippen molar-refractivity contribution < 1.29 is 85.6 Å². The topological polar surface area (TPSA) is 280 Å². The molecule has 8 aromatic rings. The Bertz CT molecular complexity index is 4190. The molecule has 0 spiro atoms.